The second kappa shape index (κ2) is 9.01. The summed E-state index contributed by atoms with van der Waals surface area (Å²) >= 11 is 1.33. The summed E-state index contributed by atoms with van der Waals surface area (Å²) in [7, 11) is 0. The van der Waals surface area contributed by atoms with Crippen molar-refractivity contribution in [3.8, 4) is 0 Å². The lowest BCUT2D eigenvalue weighted by Crippen LogP contribution is -2.36. The Bertz CT molecular complexity index is 1020. The van der Waals surface area contributed by atoms with Gasteiger partial charge in [-0.25, -0.2) is 4.98 Å². The van der Waals surface area contributed by atoms with Crippen LogP contribution in [-0.2, 0) is 11.3 Å². The zero-order chi connectivity index (χ0) is 20.1. The molecule has 2 aromatic heterocycles. The van der Waals surface area contributed by atoms with E-state index in [1.165, 1.54) is 11.8 Å². The van der Waals surface area contributed by atoms with Crippen molar-refractivity contribution in [1.29, 1.82) is 0 Å². The molecule has 28 heavy (non-hydrogen) atoms. The van der Waals surface area contributed by atoms with Gasteiger partial charge < -0.3 is 4.90 Å². The largest absolute Gasteiger partial charge is 0.342 e. The van der Waals surface area contributed by atoms with Gasteiger partial charge in [0.2, 0.25) is 5.91 Å². The molecular formula is C21H24N4O2S. The van der Waals surface area contributed by atoms with E-state index in [-0.39, 0.29) is 16.7 Å². The minimum absolute atomic E-state index is 0.0466. The van der Waals surface area contributed by atoms with Crippen LogP contribution in [-0.4, -0.2) is 43.7 Å². The molecule has 0 N–H and O–H groups in total. The van der Waals surface area contributed by atoms with Crippen molar-refractivity contribution in [1.82, 2.24) is 19.4 Å². The molecule has 0 spiro atoms. The van der Waals surface area contributed by atoms with Gasteiger partial charge in [-0.05, 0) is 44.5 Å². The number of hydrogen-bond acceptors (Lipinski definition) is 5. The fraction of sp³-hybridized carbons (Fsp3) is 0.333. The van der Waals surface area contributed by atoms with Crippen molar-refractivity contribution < 1.29 is 4.79 Å². The Morgan fingerprint density at radius 1 is 1.18 bits per heavy atom. The number of amides is 1. The fourth-order valence-corrected chi connectivity index (χ4v) is 4.04. The zero-order valence-electron chi connectivity index (χ0n) is 16.3. The van der Waals surface area contributed by atoms with Gasteiger partial charge in [-0.15, -0.1) is 0 Å². The number of hydrogen-bond donors (Lipinski definition) is 0. The van der Waals surface area contributed by atoms with Gasteiger partial charge in [-0.3, -0.25) is 19.1 Å². The van der Waals surface area contributed by atoms with Crippen LogP contribution in [0, 0.1) is 0 Å². The Labute approximate surface area is 168 Å². The average Bonchev–Trinajstić information content (AvgIpc) is 2.72. The Balaban J connectivity index is 2.03. The molecule has 0 radical (unpaired) electrons. The third kappa shape index (κ3) is 4.25. The molecule has 1 unspecified atom stereocenters. The number of rotatable bonds is 7. The highest BCUT2D eigenvalue weighted by atomic mass is 32.2. The van der Waals surface area contributed by atoms with E-state index in [2.05, 4.69) is 4.98 Å². The molecule has 0 bridgehead atoms. The van der Waals surface area contributed by atoms with Crippen LogP contribution in [0.4, 0.5) is 0 Å². The van der Waals surface area contributed by atoms with E-state index < -0.39 is 0 Å². The minimum Gasteiger partial charge on any atom is -0.342 e. The van der Waals surface area contributed by atoms with Crippen LogP contribution in [0.2, 0.25) is 0 Å². The Hall–Kier alpha value is -2.67. The van der Waals surface area contributed by atoms with E-state index in [9.17, 15) is 9.59 Å². The van der Waals surface area contributed by atoms with Gasteiger partial charge in [-0.1, -0.05) is 30.0 Å². The van der Waals surface area contributed by atoms with E-state index in [0.29, 0.717) is 35.7 Å². The Kier molecular flexibility index (Phi) is 6.46. The second-order valence-corrected chi connectivity index (χ2v) is 7.74. The number of thioether (sulfide) groups is 1. The van der Waals surface area contributed by atoms with Crippen molar-refractivity contribution in [2.45, 2.75) is 37.7 Å². The summed E-state index contributed by atoms with van der Waals surface area (Å²) in [5, 5.41) is 0.770. The fourth-order valence-electron chi connectivity index (χ4n) is 3.05. The SMILES string of the molecule is CCN(CC)C(=O)C(C)Sc1nc2ccccc2c(=O)n1Cc1cccnc1. The van der Waals surface area contributed by atoms with Gasteiger partial charge in [0, 0.05) is 25.5 Å². The zero-order valence-corrected chi connectivity index (χ0v) is 17.1. The van der Waals surface area contributed by atoms with Crippen LogP contribution in [0.3, 0.4) is 0 Å². The normalized spacial score (nSPS) is 12.1. The van der Waals surface area contributed by atoms with E-state index in [1.807, 2.05) is 51.1 Å². The molecule has 0 fully saturated rings. The number of fused-ring (bicyclic) bond motifs is 1. The molecule has 6 nitrogen and oxygen atoms in total. The van der Waals surface area contributed by atoms with E-state index in [0.717, 1.165) is 5.56 Å². The molecule has 7 heteroatoms. The molecular weight excluding hydrogens is 372 g/mol. The number of para-hydroxylation sites is 1. The van der Waals surface area contributed by atoms with Crippen LogP contribution < -0.4 is 5.56 Å². The van der Waals surface area contributed by atoms with Gasteiger partial charge >= 0.3 is 0 Å². The summed E-state index contributed by atoms with van der Waals surface area (Å²) in [5.41, 5.74) is 1.44. The van der Waals surface area contributed by atoms with Crippen LogP contribution in [0.15, 0.2) is 58.7 Å². The summed E-state index contributed by atoms with van der Waals surface area (Å²) in [6.45, 7) is 7.47. The number of carbonyl (C=O) groups is 1. The average molecular weight is 397 g/mol. The highest BCUT2D eigenvalue weighted by Crippen LogP contribution is 2.24. The molecule has 3 aromatic rings. The van der Waals surface area contributed by atoms with E-state index in [1.54, 1.807) is 27.9 Å². The first kappa shape index (κ1) is 20.1. The molecule has 0 aliphatic heterocycles. The van der Waals surface area contributed by atoms with Crippen molar-refractivity contribution in [3.05, 3.63) is 64.7 Å². The van der Waals surface area contributed by atoms with Crippen molar-refractivity contribution in [2.75, 3.05) is 13.1 Å². The van der Waals surface area contributed by atoms with Gasteiger partial charge in [-0.2, -0.15) is 0 Å². The van der Waals surface area contributed by atoms with Gasteiger partial charge in [0.15, 0.2) is 5.16 Å². The highest BCUT2D eigenvalue weighted by Gasteiger charge is 2.22. The van der Waals surface area contributed by atoms with Gasteiger partial charge in [0.05, 0.1) is 22.7 Å². The number of benzene rings is 1. The maximum atomic E-state index is 13.1. The standard InChI is InChI=1S/C21H24N4O2S/c1-4-24(5-2)19(26)15(3)28-21-23-18-11-7-6-10-17(18)20(27)25(21)14-16-9-8-12-22-13-16/h6-13,15H,4-5,14H2,1-3H3. The van der Waals surface area contributed by atoms with E-state index in [4.69, 9.17) is 4.98 Å². The predicted octanol–water partition coefficient (Wildman–Crippen LogP) is 3.19. The quantitative estimate of drug-likeness (QED) is 0.453. The lowest BCUT2D eigenvalue weighted by Gasteiger charge is -2.23. The van der Waals surface area contributed by atoms with Gasteiger partial charge in [0.1, 0.15) is 0 Å². The minimum atomic E-state index is -0.340. The third-order valence-electron chi connectivity index (χ3n) is 4.60. The predicted molar refractivity (Wildman–Crippen MR) is 113 cm³/mol. The lowest BCUT2D eigenvalue weighted by atomic mass is 10.2. The summed E-state index contributed by atoms with van der Waals surface area (Å²) < 4.78 is 1.63. The Morgan fingerprint density at radius 2 is 1.93 bits per heavy atom. The van der Waals surface area contributed by atoms with E-state index >= 15 is 0 Å². The molecule has 0 saturated carbocycles. The van der Waals surface area contributed by atoms with Crippen molar-refractivity contribution in [3.63, 3.8) is 0 Å². The monoisotopic (exact) mass is 396 g/mol. The van der Waals surface area contributed by atoms with Crippen LogP contribution in [0.5, 0.6) is 0 Å². The molecule has 0 aliphatic carbocycles. The van der Waals surface area contributed by atoms with Crippen LogP contribution >= 0.6 is 11.8 Å². The maximum Gasteiger partial charge on any atom is 0.262 e. The topological polar surface area (TPSA) is 68.1 Å². The number of nitrogens with zero attached hydrogens (tertiary/aromatic N) is 4. The maximum absolute atomic E-state index is 13.1. The number of carbonyl (C=O) groups excluding carboxylic acids is 1. The van der Waals surface area contributed by atoms with Crippen LogP contribution in [0.25, 0.3) is 10.9 Å². The first-order chi connectivity index (χ1) is 13.5. The second-order valence-electron chi connectivity index (χ2n) is 6.43. The molecule has 146 valence electrons. The molecule has 0 saturated heterocycles. The molecule has 3 rings (SSSR count). The smallest absolute Gasteiger partial charge is 0.262 e. The molecule has 0 aliphatic rings. The molecule has 1 atom stereocenters. The third-order valence-corrected chi connectivity index (χ3v) is 5.67. The summed E-state index contributed by atoms with van der Waals surface area (Å²) in [6, 6.07) is 11.1. The lowest BCUT2D eigenvalue weighted by molar-refractivity contribution is -0.129. The molecule has 2 heterocycles. The highest BCUT2D eigenvalue weighted by molar-refractivity contribution is 8.00. The van der Waals surface area contributed by atoms with Crippen molar-refractivity contribution >= 4 is 28.6 Å². The number of aromatic nitrogens is 3. The number of pyridine rings is 1. The first-order valence-corrected chi connectivity index (χ1v) is 10.3. The summed E-state index contributed by atoms with van der Waals surface area (Å²) in [4.78, 5) is 36.5. The van der Waals surface area contributed by atoms with Crippen molar-refractivity contribution in [2.24, 2.45) is 0 Å². The van der Waals surface area contributed by atoms with Crippen LogP contribution in [0.1, 0.15) is 26.3 Å². The summed E-state index contributed by atoms with van der Waals surface area (Å²) in [5.74, 6) is 0.0466. The first-order valence-electron chi connectivity index (χ1n) is 9.39. The van der Waals surface area contributed by atoms with Gasteiger partial charge in [0.25, 0.3) is 5.56 Å². The summed E-state index contributed by atoms with van der Waals surface area (Å²) in [6.07, 6.45) is 3.44. The molecule has 1 amide bonds. The molecule has 1 aromatic carbocycles. The Morgan fingerprint density at radius 3 is 2.61 bits per heavy atom.